The van der Waals surface area contributed by atoms with Crippen LogP contribution in [0.1, 0.15) is 50.2 Å². The molecule has 1 heterocycles. The molecule has 2 amide bonds. The number of likely N-dealkylation sites (tertiary alicyclic amines) is 1. The first kappa shape index (κ1) is 22.8. The molecule has 2 aromatic carbocycles. The van der Waals surface area contributed by atoms with Crippen molar-refractivity contribution >= 4 is 18.0 Å². The second-order valence-corrected chi connectivity index (χ2v) is 9.08. The Balaban J connectivity index is 1.30. The number of alkyl carbamates (subject to hydrolysis) is 1. The summed E-state index contributed by atoms with van der Waals surface area (Å²) < 4.78 is 5.55. The molecule has 0 spiro atoms. The van der Waals surface area contributed by atoms with Gasteiger partial charge in [-0.2, -0.15) is 0 Å². The minimum absolute atomic E-state index is 0.0251. The van der Waals surface area contributed by atoms with Crippen molar-refractivity contribution in [3.8, 4) is 11.1 Å². The number of carbonyl (C=O) groups excluding carboxylic acids is 2. The van der Waals surface area contributed by atoms with Crippen molar-refractivity contribution in [3.05, 3.63) is 59.7 Å². The van der Waals surface area contributed by atoms with E-state index in [-0.39, 0.29) is 31.4 Å². The van der Waals surface area contributed by atoms with Crippen molar-refractivity contribution in [1.82, 2.24) is 10.2 Å². The van der Waals surface area contributed by atoms with E-state index >= 15 is 0 Å². The zero-order chi connectivity index (χ0) is 23.6. The minimum atomic E-state index is -0.862. The molecule has 1 aliphatic heterocycles. The van der Waals surface area contributed by atoms with E-state index in [1.165, 1.54) is 0 Å². The van der Waals surface area contributed by atoms with Crippen molar-refractivity contribution in [2.24, 2.45) is 5.41 Å². The molecule has 2 N–H and O–H groups in total. The molecular formula is C26H30N2O5. The van der Waals surface area contributed by atoms with Gasteiger partial charge >= 0.3 is 12.1 Å². The SMILES string of the molecule is CCC1(C(=O)O)CCN(C(=O)CC(C)NC(=O)OCC2c3ccccc3-c3ccccc32)C1. The van der Waals surface area contributed by atoms with Crippen LogP contribution in [-0.2, 0) is 14.3 Å². The monoisotopic (exact) mass is 450 g/mol. The highest BCUT2D eigenvalue weighted by Gasteiger charge is 2.44. The number of aliphatic carboxylic acids is 1. The van der Waals surface area contributed by atoms with Crippen LogP contribution < -0.4 is 5.32 Å². The summed E-state index contributed by atoms with van der Waals surface area (Å²) in [6, 6.07) is 15.9. The molecule has 0 radical (unpaired) electrons. The van der Waals surface area contributed by atoms with Gasteiger partial charge < -0.3 is 20.1 Å². The lowest BCUT2D eigenvalue weighted by atomic mass is 9.84. The van der Waals surface area contributed by atoms with Crippen LogP contribution in [-0.4, -0.2) is 53.7 Å². The molecule has 1 aliphatic carbocycles. The molecule has 7 nitrogen and oxygen atoms in total. The number of carbonyl (C=O) groups is 3. The molecule has 7 heteroatoms. The van der Waals surface area contributed by atoms with Crippen molar-refractivity contribution in [2.75, 3.05) is 19.7 Å². The molecule has 1 fully saturated rings. The Labute approximate surface area is 193 Å². The Morgan fingerprint density at radius 3 is 2.27 bits per heavy atom. The molecule has 2 atom stereocenters. The van der Waals surface area contributed by atoms with E-state index in [9.17, 15) is 19.5 Å². The van der Waals surface area contributed by atoms with E-state index in [2.05, 4.69) is 29.6 Å². The summed E-state index contributed by atoms with van der Waals surface area (Å²) in [5, 5.41) is 12.3. The lowest BCUT2D eigenvalue weighted by molar-refractivity contribution is -0.148. The van der Waals surface area contributed by atoms with Gasteiger partial charge in [0.15, 0.2) is 0 Å². The Hall–Kier alpha value is -3.35. The number of ether oxygens (including phenoxy) is 1. The van der Waals surface area contributed by atoms with E-state index in [4.69, 9.17) is 4.74 Å². The van der Waals surface area contributed by atoms with Crippen LogP contribution in [0, 0.1) is 5.41 Å². The van der Waals surface area contributed by atoms with Gasteiger partial charge in [0, 0.05) is 31.5 Å². The fourth-order valence-electron chi connectivity index (χ4n) is 4.98. The molecule has 0 aromatic heterocycles. The maximum Gasteiger partial charge on any atom is 0.407 e. The highest BCUT2D eigenvalue weighted by atomic mass is 16.5. The van der Waals surface area contributed by atoms with E-state index in [0.717, 1.165) is 22.3 Å². The molecule has 174 valence electrons. The average molecular weight is 451 g/mol. The number of hydrogen-bond donors (Lipinski definition) is 2. The minimum Gasteiger partial charge on any atom is -0.481 e. The van der Waals surface area contributed by atoms with Gasteiger partial charge in [-0.05, 0) is 42.0 Å². The normalized spacial score (nSPS) is 20.1. The molecule has 0 bridgehead atoms. The molecule has 4 rings (SSSR count). The number of nitrogens with zero attached hydrogens (tertiary/aromatic N) is 1. The van der Waals surface area contributed by atoms with Crippen LogP contribution in [0.4, 0.5) is 4.79 Å². The standard InChI is InChI=1S/C26H30N2O5/c1-3-26(24(30)31)12-13-28(16-26)23(29)14-17(2)27-25(32)33-15-22-20-10-6-4-8-18(20)19-9-5-7-11-21(19)22/h4-11,17,22H,3,12-16H2,1-2H3,(H,27,32)(H,30,31). The summed E-state index contributed by atoms with van der Waals surface area (Å²) in [5.41, 5.74) is 3.75. The smallest absolute Gasteiger partial charge is 0.407 e. The van der Waals surface area contributed by atoms with Gasteiger partial charge in [0.1, 0.15) is 6.61 Å². The zero-order valence-corrected chi connectivity index (χ0v) is 19.0. The summed E-state index contributed by atoms with van der Waals surface area (Å²) in [6.07, 6.45) is 0.481. The predicted molar refractivity (Wildman–Crippen MR) is 124 cm³/mol. The highest BCUT2D eigenvalue weighted by molar-refractivity contribution is 5.82. The zero-order valence-electron chi connectivity index (χ0n) is 19.0. The molecule has 33 heavy (non-hydrogen) atoms. The third-order valence-electron chi connectivity index (χ3n) is 7.03. The highest BCUT2D eigenvalue weighted by Crippen LogP contribution is 2.44. The molecular weight excluding hydrogens is 420 g/mol. The van der Waals surface area contributed by atoms with E-state index in [1.54, 1.807) is 11.8 Å². The number of fused-ring (bicyclic) bond motifs is 3. The van der Waals surface area contributed by atoms with E-state index in [0.29, 0.717) is 19.4 Å². The maximum absolute atomic E-state index is 12.6. The van der Waals surface area contributed by atoms with Crippen molar-refractivity contribution in [3.63, 3.8) is 0 Å². The van der Waals surface area contributed by atoms with Gasteiger partial charge in [-0.3, -0.25) is 9.59 Å². The second-order valence-electron chi connectivity index (χ2n) is 9.08. The lowest BCUT2D eigenvalue weighted by Crippen LogP contribution is -2.40. The van der Waals surface area contributed by atoms with Gasteiger partial charge in [0.2, 0.25) is 5.91 Å². The first-order valence-electron chi connectivity index (χ1n) is 11.5. The molecule has 2 aromatic rings. The molecule has 1 saturated heterocycles. The quantitative estimate of drug-likeness (QED) is 0.664. The Morgan fingerprint density at radius 1 is 1.12 bits per heavy atom. The molecule has 0 saturated carbocycles. The van der Waals surface area contributed by atoms with Crippen LogP contribution in [0.3, 0.4) is 0 Å². The first-order chi connectivity index (χ1) is 15.8. The lowest BCUT2D eigenvalue weighted by Gasteiger charge is -2.24. The number of amides is 2. The van der Waals surface area contributed by atoms with Gasteiger partial charge in [-0.1, -0.05) is 55.5 Å². The van der Waals surface area contributed by atoms with Crippen LogP contribution in [0.15, 0.2) is 48.5 Å². The number of carboxylic acids is 1. The average Bonchev–Trinajstić information content (AvgIpc) is 3.39. The number of hydrogen-bond acceptors (Lipinski definition) is 4. The second kappa shape index (κ2) is 9.25. The fraction of sp³-hybridized carbons (Fsp3) is 0.423. The van der Waals surface area contributed by atoms with Crippen LogP contribution in [0.2, 0.25) is 0 Å². The number of nitrogens with one attached hydrogen (secondary N) is 1. The predicted octanol–water partition coefficient (Wildman–Crippen LogP) is 4.02. The van der Waals surface area contributed by atoms with Crippen LogP contribution in [0.5, 0.6) is 0 Å². The van der Waals surface area contributed by atoms with Crippen LogP contribution in [0.25, 0.3) is 11.1 Å². The Bertz CT molecular complexity index is 1020. The molecule has 2 unspecified atom stereocenters. The van der Waals surface area contributed by atoms with Crippen molar-refractivity contribution < 1.29 is 24.2 Å². The first-order valence-corrected chi connectivity index (χ1v) is 11.5. The van der Waals surface area contributed by atoms with E-state index < -0.39 is 23.5 Å². The van der Waals surface area contributed by atoms with Gasteiger partial charge in [0.25, 0.3) is 0 Å². The largest absolute Gasteiger partial charge is 0.481 e. The number of rotatable bonds is 7. The number of carboxylic acid groups (broad SMARTS) is 1. The topological polar surface area (TPSA) is 95.9 Å². The van der Waals surface area contributed by atoms with Crippen LogP contribution >= 0.6 is 0 Å². The van der Waals surface area contributed by atoms with E-state index in [1.807, 2.05) is 31.2 Å². The van der Waals surface area contributed by atoms with Crippen molar-refractivity contribution in [1.29, 1.82) is 0 Å². The summed E-state index contributed by atoms with van der Waals surface area (Å²) in [4.78, 5) is 38.3. The van der Waals surface area contributed by atoms with Gasteiger partial charge in [-0.15, -0.1) is 0 Å². The van der Waals surface area contributed by atoms with Crippen molar-refractivity contribution in [2.45, 2.75) is 45.1 Å². The third-order valence-corrected chi connectivity index (χ3v) is 7.03. The Morgan fingerprint density at radius 2 is 1.73 bits per heavy atom. The van der Waals surface area contributed by atoms with Gasteiger partial charge in [0.05, 0.1) is 5.41 Å². The Kier molecular flexibility index (Phi) is 6.40. The molecule has 2 aliphatic rings. The number of benzene rings is 2. The summed E-state index contributed by atoms with van der Waals surface area (Å²) >= 11 is 0. The summed E-state index contributed by atoms with van der Waals surface area (Å²) in [5.74, 6) is -1.04. The fourth-order valence-corrected chi connectivity index (χ4v) is 4.98. The van der Waals surface area contributed by atoms with Gasteiger partial charge in [-0.25, -0.2) is 4.79 Å². The third kappa shape index (κ3) is 4.45. The maximum atomic E-state index is 12.6. The summed E-state index contributed by atoms with van der Waals surface area (Å²) in [6.45, 7) is 4.44. The summed E-state index contributed by atoms with van der Waals surface area (Å²) in [7, 11) is 0.